The molecule has 3 aromatic carbocycles. The van der Waals surface area contributed by atoms with E-state index in [1.165, 1.54) is 11.3 Å². The molecule has 0 atom stereocenters. The zero-order chi connectivity index (χ0) is 22.5. The summed E-state index contributed by atoms with van der Waals surface area (Å²) in [4.78, 5) is 4.56. The molecular formula is C25H30N6S. The van der Waals surface area contributed by atoms with Crippen molar-refractivity contribution in [2.45, 2.75) is 19.1 Å². The summed E-state index contributed by atoms with van der Waals surface area (Å²) in [6, 6.07) is 20.9. The number of fused-ring (bicyclic) bond motifs is 1. The van der Waals surface area contributed by atoms with Crippen LogP contribution in [0.1, 0.15) is 24.5 Å². The van der Waals surface area contributed by atoms with Gasteiger partial charge in [-0.3, -0.25) is 10.8 Å². The third-order valence-electron chi connectivity index (χ3n) is 5.85. The quantitative estimate of drug-likeness (QED) is 0.246. The molecule has 4 rings (SSSR count). The molecule has 0 bridgehead atoms. The van der Waals surface area contributed by atoms with Gasteiger partial charge in [0.05, 0.1) is 5.84 Å². The summed E-state index contributed by atoms with van der Waals surface area (Å²) >= 11 is 1.67. The van der Waals surface area contributed by atoms with E-state index in [4.69, 9.17) is 16.6 Å². The molecule has 1 aliphatic rings. The van der Waals surface area contributed by atoms with Crippen LogP contribution in [-0.2, 0) is 5.75 Å². The molecular weight excluding hydrogens is 416 g/mol. The second-order valence-corrected chi connectivity index (χ2v) is 8.94. The smallest absolute Gasteiger partial charge is 0.122 e. The Morgan fingerprint density at radius 1 is 0.938 bits per heavy atom. The monoisotopic (exact) mass is 446 g/mol. The van der Waals surface area contributed by atoms with E-state index in [0.29, 0.717) is 5.84 Å². The van der Waals surface area contributed by atoms with E-state index in [0.717, 1.165) is 60.4 Å². The molecule has 3 aromatic rings. The summed E-state index contributed by atoms with van der Waals surface area (Å²) in [6.07, 6.45) is 1.08. The molecule has 0 amide bonds. The number of rotatable bonds is 6. The fourth-order valence-corrected chi connectivity index (χ4v) is 4.73. The average Bonchev–Trinajstić information content (AvgIpc) is 3.06. The second kappa shape index (κ2) is 9.96. The predicted octanol–water partition coefficient (Wildman–Crippen LogP) is 4.89. The van der Waals surface area contributed by atoms with Crippen LogP contribution in [0, 0.1) is 10.8 Å². The van der Waals surface area contributed by atoms with Gasteiger partial charge in [0.25, 0.3) is 0 Å². The summed E-state index contributed by atoms with van der Waals surface area (Å²) in [5, 5.41) is 17.8. The van der Waals surface area contributed by atoms with Gasteiger partial charge in [-0.1, -0.05) is 30.3 Å². The summed E-state index contributed by atoms with van der Waals surface area (Å²) < 4.78 is 3.44. The minimum Gasteiger partial charge on any atom is -0.384 e. The zero-order valence-corrected chi connectivity index (χ0v) is 19.2. The van der Waals surface area contributed by atoms with Gasteiger partial charge >= 0.3 is 0 Å². The first-order valence-corrected chi connectivity index (χ1v) is 11.9. The molecule has 1 fully saturated rings. The predicted molar refractivity (Wildman–Crippen MR) is 138 cm³/mol. The number of nitrogen functional groups attached to an aromatic ring is 1. The lowest BCUT2D eigenvalue weighted by atomic mass is 10.0. The van der Waals surface area contributed by atoms with Crippen LogP contribution in [0.4, 0.5) is 11.4 Å². The Kier molecular flexibility index (Phi) is 6.85. The van der Waals surface area contributed by atoms with Crippen LogP contribution >= 0.6 is 11.9 Å². The van der Waals surface area contributed by atoms with Crippen molar-refractivity contribution < 1.29 is 0 Å². The summed E-state index contributed by atoms with van der Waals surface area (Å²) in [7, 11) is 0. The van der Waals surface area contributed by atoms with Crippen molar-refractivity contribution >= 4 is 45.8 Å². The van der Waals surface area contributed by atoms with Gasteiger partial charge in [0, 0.05) is 48.9 Å². The zero-order valence-electron chi connectivity index (χ0n) is 18.4. The molecule has 0 spiro atoms. The third kappa shape index (κ3) is 5.34. The van der Waals surface area contributed by atoms with Crippen LogP contribution < -0.4 is 15.4 Å². The molecule has 0 aromatic heterocycles. The second-order valence-electron chi connectivity index (χ2n) is 8.16. The topological polar surface area (TPSA) is 92.2 Å². The molecule has 0 unspecified atom stereocenters. The largest absolute Gasteiger partial charge is 0.384 e. The number of benzene rings is 3. The Bertz CT molecular complexity index is 1110. The van der Waals surface area contributed by atoms with Gasteiger partial charge in [-0.25, -0.2) is 0 Å². The van der Waals surface area contributed by atoms with Gasteiger partial charge in [-0.15, -0.1) is 0 Å². The van der Waals surface area contributed by atoms with Crippen LogP contribution in [0.3, 0.4) is 0 Å². The summed E-state index contributed by atoms with van der Waals surface area (Å²) in [5.41, 5.74) is 9.93. The standard InChI is InChI=1S/C25H30N6S/c1-18(26)30-11-2-12-31(14-13-30)24-9-7-23(8-10-24)29-32-17-19-3-4-20-5-6-21(25(27)28)16-22(20)15-19/h3-10,15-16,26,29H,2,11-14,17H2,1H3,(H3,27,28). The number of nitrogens with two attached hydrogens (primary N) is 1. The molecule has 166 valence electrons. The van der Waals surface area contributed by atoms with Crippen molar-refractivity contribution in [1.29, 1.82) is 10.8 Å². The first kappa shape index (κ1) is 22.0. The average molecular weight is 447 g/mol. The maximum atomic E-state index is 7.86. The molecule has 32 heavy (non-hydrogen) atoms. The van der Waals surface area contributed by atoms with Crippen molar-refractivity contribution in [1.82, 2.24) is 4.90 Å². The highest BCUT2D eigenvalue weighted by Gasteiger charge is 2.15. The van der Waals surface area contributed by atoms with E-state index in [2.05, 4.69) is 57.0 Å². The van der Waals surface area contributed by atoms with Crippen molar-refractivity contribution in [3.8, 4) is 0 Å². The van der Waals surface area contributed by atoms with Crippen LogP contribution in [0.5, 0.6) is 0 Å². The lowest BCUT2D eigenvalue weighted by Gasteiger charge is -2.24. The number of hydrogen-bond donors (Lipinski definition) is 4. The first-order valence-electron chi connectivity index (χ1n) is 10.9. The fraction of sp³-hybridized carbons (Fsp3) is 0.280. The van der Waals surface area contributed by atoms with Crippen molar-refractivity contribution in [3.05, 3.63) is 71.8 Å². The molecule has 6 nitrogen and oxygen atoms in total. The lowest BCUT2D eigenvalue weighted by Crippen LogP contribution is -2.33. The number of anilines is 2. The molecule has 0 aliphatic carbocycles. The Balaban J connectivity index is 1.32. The van der Waals surface area contributed by atoms with Gasteiger partial charge in [-0.2, -0.15) is 0 Å². The van der Waals surface area contributed by atoms with E-state index < -0.39 is 0 Å². The van der Waals surface area contributed by atoms with Gasteiger partial charge < -0.3 is 20.3 Å². The highest BCUT2D eigenvalue weighted by atomic mass is 32.2. The van der Waals surface area contributed by atoms with E-state index in [9.17, 15) is 0 Å². The van der Waals surface area contributed by atoms with Crippen LogP contribution in [-0.4, -0.2) is 42.8 Å². The molecule has 5 N–H and O–H groups in total. The maximum absolute atomic E-state index is 7.86. The highest BCUT2D eigenvalue weighted by molar-refractivity contribution is 7.99. The Morgan fingerprint density at radius 3 is 2.47 bits per heavy atom. The summed E-state index contributed by atoms with van der Waals surface area (Å²) in [5.74, 6) is 1.60. The van der Waals surface area contributed by atoms with Crippen LogP contribution in [0.2, 0.25) is 0 Å². The lowest BCUT2D eigenvalue weighted by molar-refractivity contribution is 0.443. The van der Waals surface area contributed by atoms with E-state index in [1.54, 1.807) is 11.9 Å². The van der Waals surface area contributed by atoms with Crippen LogP contribution in [0.25, 0.3) is 10.8 Å². The molecule has 7 heteroatoms. The number of nitrogens with one attached hydrogen (secondary N) is 3. The SMILES string of the molecule is CC(=N)N1CCCN(c2ccc(NSCc3ccc4ccc(C(=N)N)cc4c3)cc2)CC1. The first-order chi connectivity index (χ1) is 15.5. The molecule has 1 heterocycles. The van der Waals surface area contributed by atoms with E-state index in [-0.39, 0.29) is 5.84 Å². The van der Waals surface area contributed by atoms with E-state index >= 15 is 0 Å². The normalized spacial score (nSPS) is 14.3. The number of nitrogens with zero attached hydrogens (tertiary/aromatic N) is 2. The van der Waals surface area contributed by atoms with E-state index in [1.807, 2.05) is 25.1 Å². The van der Waals surface area contributed by atoms with Gasteiger partial charge in [0.1, 0.15) is 5.84 Å². The Hall–Kier alpha value is -3.19. The molecule has 1 aliphatic heterocycles. The molecule has 0 saturated carbocycles. The molecule has 1 saturated heterocycles. The molecule has 0 radical (unpaired) electrons. The Morgan fingerprint density at radius 2 is 1.72 bits per heavy atom. The number of amidine groups is 2. The van der Waals surface area contributed by atoms with Gasteiger partial charge in [-0.05, 0) is 72.0 Å². The summed E-state index contributed by atoms with van der Waals surface area (Å²) in [6.45, 7) is 5.72. The minimum absolute atomic E-state index is 0.0964. The maximum Gasteiger partial charge on any atom is 0.122 e. The van der Waals surface area contributed by atoms with Crippen molar-refractivity contribution in [2.24, 2.45) is 5.73 Å². The number of hydrogen-bond acceptors (Lipinski definition) is 5. The van der Waals surface area contributed by atoms with Crippen molar-refractivity contribution in [3.63, 3.8) is 0 Å². The Labute approximate surface area is 193 Å². The van der Waals surface area contributed by atoms with Crippen molar-refractivity contribution in [2.75, 3.05) is 35.8 Å². The third-order valence-corrected chi connectivity index (χ3v) is 6.70. The highest BCUT2D eigenvalue weighted by Crippen LogP contribution is 2.24. The van der Waals surface area contributed by atoms with Gasteiger partial charge in [0.2, 0.25) is 0 Å². The van der Waals surface area contributed by atoms with Crippen LogP contribution in [0.15, 0.2) is 60.7 Å². The minimum atomic E-state index is 0.0964. The fourth-order valence-electron chi connectivity index (χ4n) is 4.01. The van der Waals surface area contributed by atoms with Gasteiger partial charge in [0.15, 0.2) is 0 Å².